The van der Waals surface area contributed by atoms with Crippen LogP contribution in [0.4, 0.5) is 0 Å². The van der Waals surface area contributed by atoms with E-state index in [2.05, 4.69) is 15.3 Å². The van der Waals surface area contributed by atoms with Crippen LogP contribution in [-0.4, -0.2) is 64.8 Å². The molecular formula is C17H19N5O5. The van der Waals surface area contributed by atoms with E-state index in [9.17, 15) is 20.1 Å². The Morgan fingerprint density at radius 3 is 2.74 bits per heavy atom. The Kier molecular flexibility index (Phi) is 4.48. The summed E-state index contributed by atoms with van der Waals surface area (Å²) in [6, 6.07) is 7.11. The number of aryl methyl sites for hydroxylation is 1. The number of para-hydroxylation sites is 1. The minimum atomic E-state index is -1.25. The van der Waals surface area contributed by atoms with Gasteiger partial charge in [-0.3, -0.25) is 9.36 Å². The molecule has 3 N–H and O–H groups in total. The Morgan fingerprint density at radius 1 is 1.22 bits per heavy atom. The molecule has 2 aromatic heterocycles. The molecule has 4 atom stereocenters. The molecule has 0 spiro atoms. The SMILES string of the molecule is Cc1nc2ccccc2c(=O)n1Cc1cn([C@@H]2O[C@H](CO)[C@@H](O)[C@H]2O)nn1. The first-order chi connectivity index (χ1) is 13.0. The summed E-state index contributed by atoms with van der Waals surface area (Å²) in [5.74, 6) is 0.543. The molecule has 1 aliphatic rings. The van der Waals surface area contributed by atoms with Crippen LogP contribution >= 0.6 is 0 Å². The van der Waals surface area contributed by atoms with E-state index in [0.717, 1.165) is 0 Å². The van der Waals surface area contributed by atoms with Crippen LogP contribution in [0.25, 0.3) is 10.9 Å². The average molecular weight is 373 g/mol. The van der Waals surface area contributed by atoms with Crippen LogP contribution in [0.3, 0.4) is 0 Å². The zero-order chi connectivity index (χ0) is 19.1. The lowest BCUT2D eigenvalue weighted by Crippen LogP contribution is -2.33. The minimum Gasteiger partial charge on any atom is -0.394 e. The molecule has 10 nitrogen and oxygen atoms in total. The topological polar surface area (TPSA) is 136 Å². The summed E-state index contributed by atoms with van der Waals surface area (Å²) in [7, 11) is 0. The van der Waals surface area contributed by atoms with Gasteiger partial charge < -0.3 is 20.1 Å². The van der Waals surface area contributed by atoms with Gasteiger partial charge in [0.25, 0.3) is 5.56 Å². The van der Waals surface area contributed by atoms with E-state index >= 15 is 0 Å². The van der Waals surface area contributed by atoms with Gasteiger partial charge in [0.05, 0.1) is 30.3 Å². The van der Waals surface area contributed by atoms with Gasteiger partial charge in [0.2, 0.25) is 0 Å². The van der Waals surface area contributed by atoms with Gasteiger partial charge in [-0.1, -0.05) is 17.3 Å². The fraction of sp³-hybridized carbons (Fsp3) is 0.412. The first-order valence-electron chi connectivity index (χ1n) is 8.49. The molecule has 27 heavy (non-hydrogen) atoms. The summed E-state index contributed by atoms with van der Waals surface area (Å²) in [4.78, 5) is 17.2. The van der Waals surface area contributed by atoms with Gasteiger partial charge in [-0.2, -0.15) is 0 Å². The molecule has 142 valence electrons. The average Bonchev–Trinajstić information content (AvgIpc) is 3.24. The van der Waals surface area contributed by atoms with Crippen LogP contribution in [0.1, 0.15) is 17.7 Å². The van der Waals surface area contributed by atoms with Gasteiger partial charge in [-0.05, 0) is 19.1 Å². The van der Waals surface area contributed by atoms with Crippen molar-refractivity contribution in [2.45, 2.75) is 38.0 Å². The van der Waals surface area contributed by atoms with Gasteiger partial charge in [-0.25, -0.2) is 9.67 Å². The third-order valence-electron chi connectivity index (χ3n) is 4.71. The molecule has 0 bridgehead atoms. The van der Waals surface area contributed by atoms with E-state index in [1.807, 2.05) is 6.07 Å². The summed E-state index contributed by atoms with van der Waals surface area (Å²) in [6.07, 6.45) is -2.80. The van der Waals surface area contributed by atoms with Gasteiger partial charge >= 0.3 is 0 Å². The molecule has 3 aromatic rings. The summed E-state index contributed by atoms with van der Waals surface area (Å²) >= 11 is 0. The maximum Gasteiger partial charge on any atom is 0.261 e. The quantitative estimate of drug-likeness (QED) is 0.527. The van der Waals surface area contributed by atoms with Crippen molar-refractivity contribution in [3.63, 3.8) is 0 Å². The number of hydrogen-bond acceptors (Lipinski definition) is 8. The second kappa shape index (κ2) is 6.82. The predicted molar refractivity (Wildman–Crippen MR) is 92.9 cm³/mol. The predicted octanol–water partition coefficient (Wildman–Crippen LogP) is -1.04. The zero-order valence-corrected chi connectivity index (χ0v) is 14.5. The highest BCUT2D eigenvalue weighted by atomic mass is 16.6. The van der Waals surface area contributed by atoms with Gasteiger partial charge in [0, 0.05) is 0 Å². The summed E-state index contributed by atoms with van der Waals surface area (Å²) in [5, 5.41) is 37.6. The van der Waals surface area contributed by atoms with Crippen LogP contribution in [0.15, 0.2) is 35.3 Å². The molecular weight excluding hydrogens is 354 g/mol. The Hall–Kier alpha value is -2.66. The summed E-state index contributed by atoms with van der Waals surface area (Å²) in [6.45, 7) is 1.47. The molecule has 3 heterocycles. The van der Waals surface area contributed by atoms with E-state index in [1.54, 1.807) is 25.1 Å². The monoisotopic (exact) mass is 373 g/mol. The second-order valence-corrected chi connectivity index (χ2v) is 6.49. The fourth-order valence-electron chi connectivity index (χ4n) is 3.24. The molecule has 0 amide bonds. The molecule has 0 aliphatic carbocycles. The first-order valence-corrected chi connectivity index (χ1v) is 8.49. The maximum atomic E-state index is 12.7. The molecule has 1 fully saturated rings. The van der Waals surface area contributed by atoms with E-state index < -0.39 is 31.1 Å². The molecule has 4 rings (SSSR count). The Labute approximate surface area is 153 Å². The van der Waals surface area contributed by atoms with Crippen LogP contribution < -0.4 is 5.56 Å². The number of hydrogen-bond donors (Lipinski definition) is 3. The maximum absolute atomic E-state index is 12.7. The molecule has 1 aromatic carbocycles. The largest absolute Gasteiger partial charge is 0.394 e. The lowest BCUT2D eigenvalue weighted by atomic mass is 10.1. The van der Waals surface area contributed by atoms with Crippen molar-refractivity contribution in [2.24, 2.45) is 0 Å². The number of nitrogens with zero attached hydrogens (tertiary/aromatic N) is 5. The number of aliphatic hydroxyl groups is 3. The van der Waals surface area contributed by atoms with E-state index in [4.69, 9.17) is 4.74 Å². The summed E-state index contributed by atoms with van der Waals surface area (Å²) < 4.78 is 8.19. The molecule has 10 heteroatoms. The van der Waals surface area contributed by atoms with Crippen LogP contribution in [0, 0.1) is 6.92 Å². The number of fused-ring (bicyclic) bond motifs is 1. The number of benzene rings is 1. The fourth-order valence-corrected chi connectivity index (χ4v) is 3.24. The van der Waals surface area contributed by atoms with Crippen molar-refractivity contribution in [1.82, 2.24) is 24.5 Å². The van der Waals surface area contributed by atoms with Crippen molar-refractivity contribution in [3.05, 3.63) is 52.3 Å². The molecule has 0 unspecified atom stereocenters. The van der Waals surface area contributed by atoms with Crippen molar-refractivity contribution in [3.8, 4) is 0 Å². The van der Waals surface area contributed by atoms with Crippen molar-refractivity contribution in [2.75, 3.05) is 6.61 Å². The van der Waals surface area contributed by atoms with Crippen LogP contribution in [0.2, 0.25) is 0 Å². The molecule has 0 radical (unpaired) electrons. The van der Waals surface area contributed by atoms with E-state index in [1.165, 1.54) is 15.4 Å². The normalized spacial score (nSPS) is 25.3. The van der Waals surface area contributed by atoms with Crippen molar-refractivity contribution >= 4 is 10.9 Å². The third kappa shape index (κ3) is 3.02. The highest BCUT2D eigenvalue weighted by Gasteiger charge is 2.43. The lowest BCUT2D eigenvalue weighted by molar-refractivity contribution is -0.0594. The molecule has 1 aliphatic heterocycles. The standard InChI is InChI=1S/C17H19N5O5/c1-9-18-12-5-3-2-4-11(12)16(26)21(9)6-10-7-22(20-19-10)17-15(25)14(24)13(8-23)27-17/h2-5,7,13-15,17,23-25H,6,8H2,1H3/t13-,14-,15-,17-/m1/s1. The second-order valence-electron chi connectivity index (χ2n) is 6.49. The van der Waals surface area contributed by atoms with E-state index in [-0.39, 0.29) is 12.1 Å². The number of aromatic nitrogens is 5. The number of aliphatic hydroxyl groups excluding tert-OH is 3. The van der Waals surface area contributed by atoms with Crippen molar-refractivity contribution in [1.29, 1.82) is 0 Å². The van der Waals surface area contributed by atoms with Crippen molar-refractivity contribution < 1.29 is 20.1 Å². The number of ether oxygens (including phenoxy) is 1. The Bertz CT molecular complexity index is 1030. The van der Waals surface area contributed by atoms with E-state index in [0.29, 0.717) is 22.4 Å². The van der Waals surface area contributed by atoms with Gasteiger partial charge in [-0.15, -0.1) is 5.10 Å². The zero-order valence-electron chi connectivity index (χ0n) is 14.5. The summed E-state index contributed by atoms with van der Waals surface area (Å²) in [5.41, 5.74) is 0.919. The van der Waals surface area contributed by atoms with Crippen LogP contribution in [0.5, 0.6) is 0 Å². The van der Waals surface area contributed by atoms with Crippen LogP contribution in [-0.2, 0) is 11.3 Å². The molecule has 0 saturated carbocycles. The third-order valence-corrected chi connectivity index (χ3v) is 4.71. The minimum absolute atomic E-state index is 0.150. The first kappa shape index (κ1) is 17.7. The molecule has 1 saturated heterocycles. The highest BCUT2D eigenvalue weighted by molar-refractivity contribution is 5.77. The number of rotatable bonds is 4. The Balaban J connectivity index is 1.62. The van der Waals surface area contributed by atoms with Gasteiger partial charge in [0.1, 0.15) is 29.8 Å². The smallest absolute Gasteiger partial charge is 0.261 e. The lowest BCUT2D eigenvalue weighted by Gasteiger charge is -2.13. The van der Waals surface area contributed by atoms with Gasteiger partial charge in [0.15, 0.2) is 6.23 Å². The Morgan fingerprint density at radius 2 is 2.00 bits per heavy atom. The highest BCUT2D eigenvalue weighted by Crippen LogP contribution is 2.28.